The maximum absolute atomic E-state index is 5.50. The predicted octanol–water partition coefficient (Wildman–Crippen LogP) is 4.37. The van der Waals surface area contributed by atoms with Crippen LogP contribution in [0.5, 0.6) is 0 Å². The Morgan fingerprint density at radius 2 is 1.65 bits per heavy atom. The highest BCUT2D eigenvalue weighted by atomic mass is 32.1. The molecule has 0 saturated carbocycles. The van der Waals surface area contributed by atoms with Crippen LogP contribution in [-0.2, 0) is 0 Å². The number of nitrogens with one attached hydrogen (secondary N) is 1. The summed E-state index contributed by atoms with van der Waals surface area (Å²) in [6.07, 6.45) is 0. The van der Waals surface area contributed by atoms with Gasteiger partial charge in [-0.1, -0.05) is 23.8 Å². The van der Waals surface area contributed by atoms with Gasteiger partial charge >= 0.3 is 0 Å². The SMILES string of the molecule is Cc1ccc(N=Nc2cc(C)ccc2NC(N)=S)cc1. The van der Waals surface area contributed by atoms with E-state index in [9.17, 15) is 0 Å². The van der Waals surface area contributed by atoms with Gasteiger partial charge in [-0.15, -0.1) is 5.11 Å². The van der Waals surface area contributed by atoms with Crippen molar-refractivity contribution in [2.45, 2.75) is 13.8 Å². The van der Waals surface area contributed by atoms with Crippen molar-refractivity contribution in [2.24, 2.45) is 16.0 Å². The van der Waals surface area contributed by atoms with Crippen LogP contribution in [-0.4, -0.2) is 5.11 Å². The second-order valence-corrected chi connectivity index (χ2v) is 4.99. The van der Waals surface area contributed by atoms with Crippen LogP contribution in [0.3, 0.4) is 0 Å². The largest absolute Gasteiger partial charge is 0.376 e. The van der Waals surface area contributed by atoms with Crippen molar-refractivity contribution in [3.63, 3.8) is 0 Å². The summed E-state index contributed by atoms with van der Waals surface area (Å²) < 4.78 is 0. The fourth-order valence-electron chi connectivity index (χ4n) is 1.69. The summed E-state index contributed by atoms with van der Waals surface area (Å²) in [6, 6.07) is 13.6. The van der Waals surface area contributed by atoms with E-state index in [-0.39, 0.29) is 5.11 Å². The molecule has 0 aliphatic carbocycles. The Hall–Kier alpha value is -2.27. The molecule has 0 aromatic heterocycles. The summed E-state index contributed by atoms with van der Waals surface area (Å²) in [5.41, 5.74) is 10.0. The molecule has 3 N–H and O–H groups in total. The molecule has 2 aromatic rings. The van der Waals surface area contributed by atoms with E-state index in [0.29, 0.717) is 5.69 Å². The zero-order valence-electron chi connectivity index (χ0n) is 11.4. The quantitative estimate of drug-likeness (QED) is 0.649. The Labute approximate surface area is 123 Å². The van der Waals surface area contributed by atoms with Gasteiger partial charge in [-0.25, -0.2) is 0 Å². The lowest BCUT2D eigenvalue weighted by Crippen LogP contribution is -2.18. The van der Waals surface area contributed by atoms with Crippen LogP contribution < -0.4 is 11.1 Å². The summed E-state index contributed by atoms with van der Waals surface area (Å²) in [4.78, 5) is 0. The van der Waals surface area contributed by atoms with Crippen LogP contribution in [0.15, 0.2) is 52.7 Å². The lowest BCUT2D eigenvalue weighted by molar-refractivity contribution is 1.22. The third-order valence-corrected chi connectivity index (χ3v) is 2.82. The number of thiocarbonyl (C=S) groups is 1. The first kappa shape index (κ1) is 14.1. The van der Waals surface area contributed by atoms with Crippen molar-refractivity contribution in [3.05, 3.63) is 53.6 Å². The van der Waals surface area contributed by atoms with Crippen molar-refractivity contribution < 1.29 is 0 Å². The Balaban J connectivity index is 2.29. The third-order valence-electron chi connectivity index (χ3n) is 2.72. The fourth-order valence-corrected chi connectivity index (χ4v) is 1.80. The molecule has 0 saturated heterocycles. The Bertz CT molecular complexity index is 647. The van der Waals surface area contributed by atoms with Crippen molar-refractivity contribution in [2.75, 3.05) is 5.32 Å². The minimum atomic E-state index is 0.209. The summed E-state index contributed by atoms with van der Waals surface area (Å²) in [7, 11) is 0. The minimum Gasteiger partial charge on any atom is -0.376 e. The maximum atomic E-state index is 5.50. The van der Waals surface area contributed by atoms with Gasteiger partial charge in [0.25, 0.3) is 0 Å². The number of azo groups is 1. The van der Waals surface area contributed by atoms with Crippen LogP contribution in [0.4, 0.5) is 17.1 Å². The highest BCUT2D eigenvalue weighted by Crippen LogP contribution is 2.28. The molecule has 0 fully saturated rings. The number of aryl methyl sites for hydroxylation is 2. The summed E-state index contributed by atoms with van der Waals surface area (Å²) in [6.45, 7) is 4.03. The Kier molecular flexibility index (Phi) is 4.42. The normalized spacial score (nSPS) is 10.7. The van der Waals surface area contributed by atoms with E-state index in [4.69, 9.17) is 18.0 Å². The number of hydrogen-bond acceptors (Lipinski definition) is 3. The van der Waals surface area contributed by atoms with E-state index in [2.05, 4.69) is 15.5 Å². The molecular formula is C15H16N4S. The summed E-state index contributed by atoms with van der Waals surface area (Å²) >= 11 is 4.86. The smallest absolute Gasteiger partial charge is 0.168 e. The Morgan fingerprint density at radius 1 is 1.00 bits per heavy atom. The molecule has 2 aromatic carbocycles. The molecule has 0 heterocycles. The average Bonchev–Trinajstić information content (AvgIpc) is 2.40. The van der Waals surface area contributed by atoms with E-state index in [1.165, 1.54) is 5.56 Å². The highest BCUT2D eigenvalue weighted by Gasteiger charge is 2.02. The maximum Gasteiger partial charge on any atom is 0.168 e. The highest BCUT2D eigenvalue weighted by molar-refractivity contribution is 7.80. The van der Waals surface area contributed by atoms with E-state index in [1.54, 1.807) is 0 Å². The molecule has 0 aliphatic rings. The number of nitrogens with two attached hydrogens (primary N) is 1. The molecule has 5 heteroatoms. The molecule has 0 unspecified atom stereocenters. The van der Waals surface area contributed by atoms with Gasteiger partial charge < -0.3 is 11.1 Å². The molecule has 0 radical (unpaired) electrons. The summed E-state index contributed by atoms with van der Waals surface area (Å²) in [5.74, 6) is 0. The molecule has 0 spiro atoms. The molecule has 0 amide bonds. The average molecular weight is 284 g/mol. The van der Waals surface area contributed by atoms with Crippen molar-refractivity contribution >= 4 is 34.4 Å². The predicted molar refractivity (Wildman–Crippen MR) is 86.9 cm³/mol. The van der Waals surface area contributed by atoms with Crippen molar-refractivity contribution in [1.29, 1.82) is 0 Å². The lowest BCUT2D eigenvalue weighted by Gasteiger charge is -2.07. The number of rotatable bonds is 3. The molecule has 4 nitrogen and oxygen atoms in total. The van der Waals surface area contributed by atoms with E-state index >= 15 is 0 Å². The molecule has 102 valence electrons. The fraction of sp³-hybridized carbons (Fsp3) is 0.133. The molecule has 2 rings (SSSR count). The van der Waals surface area contributed by atoms with Crippen LogP contribution >= 0.6 is 12.2 Å². The van der Waals surface area contributed by atoms with Gasteiger partial charge in [0.2, 0.25) is 0 Å². The van der Waals surface area contributed by atoms with E-state index in [1.807, 2.05) is 56.3 Å². The second kappa shape index (κ2) is 6.25. The number of anilines is 1. The first-order chi connectivity index (χ1) is 9.54. The monoisotopic (exact) mass is 284 g/mol. The molecule has 0 aliphatic heterocycles. The van der Waals surface area contributed by atoms with Gasteiger partial charge in [0.15, 0.2) is 5.11 Å². The van der Waals surface area contributed by atoms with Crippen LogP contribution in [0, 0.1) is 13.8 Å². The number of hydrogen-bond donors (Lipinski definition) is 2. The van der Waals surface area contributed by atoms with E-state index in [0.717, 1.165) is 16.9 Å². The second-order valence-electron chi connectivity index (χ2n) is 4.55. The van der Waals surface area contributed by atoms with Gasteiger partial charge in [0.05, 0.1) is 11.4 Å². The van der Waals surface area contributed by atoms with Gasteiger partial charge in [-0.3, -0.25) is 0 Å². The zero-order chi connectivity index (χ0) is 14.5. The van der Waals surface area contributed by atoms with Gasteiger partial charge in [0, 0.05) is 0 Å². The van der Waals surface area contributed by atoms with Crippen LogP contribution in [0.1, 0.15) is 11.1 Å². The lowest BCUT2D eigenvalue weighted by atomic mass is 10.2. The molecule has 0 bridgehead atoms. The molecule has 20 heavy (non-hydrogen) atoms. The molecule has 0 atom stereocenters. The minimum absolute atomic E-state index is 0.209. The van der Waals surface area contributed by atoms with Crippen LogP contribution in [0.25, 0.3) is 0 Å². The van der Waals surface area contributed by atoms with Gasteiger partial charge in [-0.2, -0.15) is 5.11 Å². The summed E-state index contributed by atoms with van der Waals surface area (Å²) in [5, 5.41) is 11.6. The van der Waals surface area contributed by atoms with E-state index < -0.39 is 0 Å². The van der Waals surface area contributed by atoms with Crippen LogP contribution in [0.2, 0.25) is 0 Å². The Morgan fingerprint density at radius 3 is 2.30 bits per heavy atom. The van der Waals surface area contributed by atoms with Crippen molar-refractivity contribution in [1.82, 2.24) is 0 Å². The first-order valence-electron chi connectivity index (χ1n) is 6.20. The standard InChI is InChI=1S/C15H16N4S/c1-10-3-6-12(7-4-10)18-19-14-9-11(2)5-8-13(14)17-15(16)20/h3-9H,1-2H3,(H3,16,17,20). The topological polar surface area (TPSA) is 62.8 Å². The van der Waals surface area contributed by atoms with Gasteiger partial charge in [0.1, 0.15) is 5.69 Å². The number of nitrogens with zero attached hydrogens (tertiary/aromatic N) is 2. The number of benzene rings is 2. The first-order valence-corrected chi connectivity index (χ1v) is 6.61. The zero-order valence-corrected chi connectivity index (χ0v) is 12.2. The van der Waals surface area contributed by atoms with Crippen molar-refractivity contribution in [3.8, 4) is 0 Å². The van der Waals surface area contributed by atoms with Gasteiger partial charge in [-0.05, 0) is 55.9 Å². The third kappa shape index (κ3) is 3.86. The molecular weight excluding hydrogens is 268 g/mol.